The molecule has 0 unspecified atom stereocenters. The molecular weight excluding hydrogens is 240 g/mol. The van der Waals surface area contributed by atoms with Crippen molar-refractivity contribution in [1.29, 1.82) is 0 Å². The van der Waals surface area contributed by atoms with Crippen LogP contribution in [0.25, 0.3) is 0 Å². The average molecular weight is 254 g/mol. The van der Waals surface area contributed by atoms with Crippen LogP contribution in [0.15, 0.2) is 0 Å². The van der Waals surface area contributed by atoms with Crippen molar-refractivity contribution in [3.63, 3.8) is 0 Å². The molecule has 1 rings (SSSR count). The molecule has 2 amide bonds. The molecule has 0 atom stereocenters. The SMILES string of the molecule is COc1c(N)c(C(N)=O)c(OC)c(N)c1C(N)=O. The highest BCUT2D eigenvalue weighted by Crippen LogP contribution is 2.42. The van der Waals surface area contributed by atoms with Crippen molar-refractivity contribution in [2.75, 3.05) is 25.7 Å². The van der Waals surface area contributed by atoms with Crippen LogP contribution in [-0.4, -0.2) is 26.0 Å². The quantitative estimate of drug-likeness (QED) is 0.508. The number of amides is 2. The number of primary amides is 2. The fraction of sp³-hybridized carbons (Fsp3) is 0.200. The van der Waals surface area contributed by atoms with Gasteiger partial charge in [-0.1, -0.05) is 0 Å². The molecule has 1 aromatic carbocycles. The van der Waals surface area contributed by atoms with E-state index in [0.717, 1.165) is 0 Å². The monoisotopic (exact) mass is 254 g/mol. The van der Waals surface area contributed by atoms with Gasteiger partial charge in [0.05, 0.1) is 25.6 Å². The van der Waals surface area contributed by atoms with Crippen LogP contribution in [0.3, 0.4) is 0 Å². The van der Waals surface area contributed by atoms with E-state index >= 15 is 0 Å². The Morgan fingerprint density at radius 1 is 0.833 bits per heavy atom. The first-order valence-corrected chi connectivity index (χ1v) is 4.79. The Labute approximate surface area is 103 Å². The number of carbonyl (C=O) groups is 2. The molecule has 0 spiro atoms. The highest BCUT2D eigenvalue weighted by Gasteiger charge is 2.27. The van der Waals surface area contributed by atoms with Crippen LogP contribution in [0.4, 0.5) is 11.4 Å². The number of carbonyl (C=O) groups excluding carboxylic acids is 2. The Bertz CT molecular complexity index is 480. The predicted molar refractivity (Wildman–Crippen MR) is 65.4 cm³/mol. The van der Waals surface area contributed by atoms with E-state index in [1.807, 2.05) is 0 Å². The third-order valence-corrected chi connectivity index (χ3v) is 2.38. The maximum Gasteiger partial charge on any atom is 0.254 e. The van der Waals surface area contributed by atoms with E-state index in [-0.39, 0.29) is 34.0 Å². The maximum atomic E-state index is 11.3. The lowest BCUT2D eigenvalue weighted by atomic mass is 10.0. The summed E-state index contributed by atoms with van der Waals surface area (Å²) in [5.74, 6) is -1.92. The molecule has 0 aliphatic carbocycles. The minimum atomic E-state index is -0.856. The zero-order valence-electron chi connectivity index (χ0n) is 9.94. The molecule has 18 heavy (non-hydrogen) atoms. The molecule has 0 saturated carbocycles. The third-order valence-electron chi connectivity index (χ3n) is 2.38. The fourth-order valence-electron chi connectivity index (χ4n) is 1.65. The van der Waals surface area contributed by atoms with Gasteiger partial charge in [0, 0.05) is 0 Å². The van der Waals surface area contributed by atoms with Crippen molar-refractivity contribution in [3.8, 4) is 11.5 Å². The van der Waals surface area contributed by atoms with Gasteiger partial charge in [0.1, 0.15) is 11.1 Å². The molecule has 0 heterocycles. The number of hydrogen-bond donors (Lipinski definition) is 4. The topological polar surface area (TPSA) is 157 Å². The Morgan fingerprint density at radius 2 is 1.11 bits per heavy atom. The second-order valence-electron chi connectivity index (χ2n) is 3.37. The number of hydrogen-bond acceptors (Lipinski definition) is 6. The van der Waals surface area contributed by atoms with Gasteiger partial charge in [-0.3, -0.25) is 9.59 Å². The van der Waals surface area contributed by atoms with Gasteiger partial charge in [0.25, 0.3) is 11.8 Å². The lowest BCUT2D eigenvalue weighted by Crippen LogP contribution is -2.21. The molecule has 0 aromatic heterocycles. The summed E-state index contributed by atoms with van der Waals surface area (Å²) in [5, 5.41) is 0. The lowest BCUT2D eigenvalue weighted by Gasteiger charge is -2.18. The van der Waals surface area contributed by atoms with Crippen LogP contribution in [0.1, 0.15) is 20.7 Å². The number of benzene rings is 1. The van der Waals surface area contributed by atoms with Crippen molar-refractivity contribution in [3.05, 3.63) is 11.1 Å². The summed E-state index contributed by atoms with van der Waals surface area (Å²) < 4.78 is 9.88. The summed E-state index contributed by atoms with van der Waals surface area (Å²) in [6.07, 6.45) is 0. The summed E-state index contributed by atoms with van der Waals surface area (Å²) in [6.45, 7) is 0. The van der Waals surface area contributed by atoms with Gasteiger partial charge in [-0.15, -0.1) is 0 Å². The van der Waals surface area contributed by atoms with Crippen molar-refractivity contribution < 1.29 is 19.1 Å². The summed E-state index contributed by atoms with van der Waals surface area (Å²) in [7, 11) is 2.52. The first kappa shape index (κ1) is 13.4. The normalized spacial score (nSPS) is 9.89. The molecule has 0 saturated heterocycles. The number of methoxy groups -OCH3 is 2. The second kappa shape index (κ2) is 4.70. The molecule has 1 aromatic rings. The molecule has 0 aliphatic rings. The van der Waals surface area contributed by atoms with Gasteiger partial charge in [-0.2, -0.15) is 0 Å². The van der Waals surface area contributed by atoms with E-state index in [4.69, 9.17) is 32.4 Å². The van der Waals surface area contributed by atoms with Crippen molar-refractivity contribution in [2.45, 2.75) is 0 Å². The van der Waals surface area contributed by atoms with E-state index in [1.165, 1.54) is 14.2 Å². The number of nitrogen functional groups attached to an aromatic ring is 2. The number of anilines is 2. The Balaban J connectivity index is 3.85. The summed E-state index contributed by atoms with van der Waals surface area (Å²) in [5.41, 5.74) is 21.2. The van der Waals surface area contributed by atoms with Gasteiger partial charge >= 0.3 is 0 Å². The van der Waals surface area contributed by atoms with E-state index in [0.29, 0.717) is 0 Å². The minimum Gasteiger partial charge on any atom is -0.494 e. The van der Waals surface area contributed by atoms with Gasteiger partial charge in [-0.25, -0.2) is 0 Å². The first-order valence-electron chi connectivity index (χ1n) is 4.79. The van der Waals surface area contributed by atoms with E-state index in [2.05, 4.69) is 0 Å². The highest BCUT2D eigenvalue weighted by molar-refractivity contribution is 6.11. The largest absolute Gasteiger partial charge is 0.494 e. The predicted octanol–water partition coefficient (Wildman–Crippen LogP) is -0.934. The Hall–Kier alpha value is -2.64. The average Bonchev–Trinajstić information content (AvgIpc) is 2.29. The van der Waals surface area contributed by atoms with Crippen LogP contribution in [0.2, 0.25) is 0 Å². The summed E-state index contributed by atoms with van der Waals surface area (Å²) in [6, 6.07) is 0. The van der Waals surface area contributed by atoms with E-state index in [9.17, 15) is 9.59 Å². The van der Waals surface area contributed by atoms with Gasteiger partial charge in [0.15, 0.2) is 11.5 Å². The Kier molecular flexibility index (Phi) is 3.50. The van der Waals surface area contributed by atoms with Gasteiger partial charge in [0.2, 0.25) is 0 Å². The smallest absolute Gasteiger partial charge is 0.254 e. The van der Waals surface area contributed by atoms with Gasteiger partial charge in [-0.05, 0) is 0 Å². The molecule has 98 valence electrons. The number of rotatable bonds is 4. The molecule has 8 N–H and O–H groups in total. The molecular formula is C10H14N4O4. The lowest BCUT2D eigenvalue weighted by molar-refractivity contribution is 0.0984. The standard InChI is InChI=1S/C10H14N4O4/c1-17-7-3(9(13)15)6(12)8(18-2)4(5(7)11)10(14)16/h11-12H2,1-2H3,(H2,13,15)(H2,14,16). The molecule has 0 aliphatic heterocycles. The van der Waals surface area contributed by atoms with Gasteiger partial charge < -0.3 is 32.4 Å². The van der Waals surface area contributed by atoms with E-state index < -0.39 is 11.8 Å². The highest BCUT2D eigenvalue weighted by atomic mass is 16.5. The maximum absolute atomic E-state index is 11.3. The molecule has 0 bridgehead atoms. The summed E-state index contributed by atoms with van der Waals surface area (Å²) >= 11 is 0. The molecule has 8 heteroatoms. The molecule has 0 radical (unpaired) electrons. The number of nitrogens with two attached hydrogens (primary N) is 4. The Morgan fingerprint density at radius 3 is 1.28 bits per heavy atom. The van der Waals surface area contributed by atoms with Crippen molar-refractivity contribution in [1.82, 2.24) is 0 Å². The number of ether oxygens (including phenoxy) is 2. The molecule has 8 nitrogen and oxygen atoms in total. The van der Waals surface area contributed by atoms with Crippen LogP contribution >= 0.6 is 0 Å². The summed E-state index contributed by atoms with van der Waals surface area (Å²) in [4.78, 5) is 22.7. The van der Waals surface area contributed by atoms with Crippen LogP contribution in [-0.2, 0) is 0 Å². The van der Waals surface area contributed by atoms with Crippen molar-refractivity contribution >= 4 is 23.2 Å². The van der Waals surface area contributed by atoms with Crippen LogP contribution < -0.4 is 32.4 Å². The second-order valence-corrected chi connectivity index (χ2v) is 3.37. The van der Waals surface area contributed by atoms with Crippen molar-refractivity contribution in [2.24, 2.45) is 11.5 Å². The zero-order valence-corrected chi connectivity index (χ0v) is 9.94. The van der Waals surface area contributed by atoms with Crippen LogP contribution in [0, 0.1) is 0 Å². The minimum absolute atomic E-state index is 0.102. The zero-order chi connectivity index (χ0) is 14.0. The first-order chi connectivity index (χ1) is 8.36. The van der Waals surface area contributed by atoms with E-state index in [1.54, 1.807) is 0 Å². The fourth-order valence-corrected chi connectivity index (χ4v) is 1.65. The van der Waals surface area contributed by atoms with Crippen LogP contribution in [0.5, 0.6) is 11.5 Å². The molecule has 0 fully saturated rings. The third kappa shape index (κ3) is 1.83.